The van der Waals surface area contributed by atoms with E-state index in [0.29, 0.717) is 42.7 Å². The molecule has 13 nitrogen and oxygen atoms in total. The number of aromatic hydroxyl groups is 1. The van der Waals surface area contributed by atoms with Gasteiger partial charge in [-0.05, 0) is 67.8 Å². The predicted molar refractivity (Wildman–Crippen MR) is 194 cm³/mol. The zero-order chi connectivity index (χ0) is 38.4. The molecule has 2 aliphatic heterocycles. The summed E-state index contributed by atoms with van der Waals surface area (Å²) in [6.45, 7) is 20.7. The van der Waals surface area contributed by atoms with Gasteiger partial charge < -0.3 is 54.9 Å². The van der Waals surface area contributed by atoms with Crippen LogP contribution in [0.4, 0.5) is 4.79 Å². The molecule has 1 fully saturated rings. The van der Waals surface area contributed by atoms with Gasteiger partial charge in [-0.3, -0.25) is 4.79 Å². The second-order valence-corrected chi connectivity index (χ2v) is 15.0. The van der Waals surface area contributed by atoms with Gasteiger partial charge in [0.2, 0.25) is 0 Å². The molecule has 2 aliphatic rings. The number of likely N-dealkylation sites (N-methyl/N-ethyl adjacent to an activating group) is 1. The van der Waals surface area contributed by atoms with E-state index in [1.54, 1.807) is 20.0 Å². The fraction of sp³-hybridized carbons (Fsp3) is 0.684. The Hall–Kier alpha value is -3.20. The number of hydrogen-bond donors (Lipinski definition) is 6. The highest BCUT2D eigenvalue weighted by atomic mass is 16.6. The number of fused-ring (bicyclic) bond motifs is 1. The Morgan fingerprint density at radius 2 is 1.86 bits per heavy atom. The van der Waals surface area contributed by atoms with Gasteiger partial charge in [-0.25, -0.2) is 4.79 Å². The number of carbonyl (C=O) groups is 2. The predicted octanol–water partition coefficient (Wildman–Crippen LogP) is 3.95. The van der Waals surface area contributed by atoms with Gasteiger partial charge in [0.15, 0.2) is 12.3 Å². The summed E-state index contributed by atoms with van der Waals surface area (Å²) < 4.78 is 23.8. The molecular formula is C38H61N3O10. The van der Waals surface area contributed by atoms with E-state index >= 15 is 0 Å². The van der Waals surface area contributed by atoms with Gasteiger partial charge in [-0.15, -0.1) is 6.58 Å². The Kier molecular flexibility index (Phi) is 14.9. The first-order valence-corrected chi connectivity index (χ1v) is 17.7. The first-order chi connectivity index (χ1) is 23.9. The minimum atomic E-state index is -1.44. The number of aliphatic hydroxyl groups excluding tert-OH is 2. The summed E-state index contributed by atoms with van der Waals surface area (Å²) in [5.41, 5.74) is 3.27. The summed E-state index contributed by atoms with van der Waals surface area (Å²) in [5.74, 6) is -0.638. The van der Waals surface area contributed by atoms with Crippen LogP contribution in [0.2, 0.25) is 0 Å². The van der Waals surface area contributed by atoms with Crippen molar-refractivity contribution in [1.82, 2.24) is 15.5 Å². The number of benzene rings is 1. The lowest BCUT2D eigenvalue weighted by Gasteiger charge is -2.49. The van der Waals surface area contributed by atoms with Crippen molar-refractivity contribution in [3.05, 3.63) is 47.1 Å². The zero-order valence-electron chi connectivity index (χ0n) is 31.8. The molecule has 0 spiro atoms. The molecule has 0 aromatic heterocycles. The lowest BCUT2D eigenvalue weighted by atomic mass is 9.68. The van der Waals surface area contributed by atoms with Crippen LogP contribution in [-0.4, -0.2) is 115 Å². The summed E-state index contributed by atoms with van der Waals surface area (Å²) in [6, 6.07) is 1.57. The van der Waals surface area contributed by atoms with E-state index in [2.05, 4.69) is 44.6 Å². The second-order valence-electron chi connectivity index (χ2n) is 15.0. The third-order valence-electron chi connectivity index (χ3n) is 11.1. The third-order valence-corrected chi connectivity index (χ3v) is 11.1. The third kappa shape index (κ3) is 10.0. The lowest BCUT2D eigenvalue weighted by molar-refractivity contribution is -0.199. The van der Waals surface area contributed by atoms with E-state index < -0.39 is 54.9 Å². The van der Waals surface area contributed by atoms with E-state index in [4.69, 9.17) is 18.9 Å². The molecule has 6 N–H and O–H groups in total. The fourth-order valence-corrected chi connectivity index (χ4v) is 7.10. The standard InChI is InChI=1S/C38H61N3O10/c1-20(2)14-30(48-10)34(44)35(45)40-36(49-11)31-15-21(3)38(7,8)32(51-31)18-27(42)23(5)29-17-26-22(4)25(16-28(43)33(26)24(6)50-29)19-41(37(46)47)13-12-39-9/h16,21,23,27,29-32,34,36,39,42-44H,1,6,12-15,17-19H2,2-5,7-11H3,(H,40,45)(H,46,47)/t21-,23-,27+,29-,30+,31+,32-,34+,36+/m1/s1. The molecule has 13 heteroatoms. The summed E-state index contributed by atoms with van der Waals surface area (Å²) in [6.07, 6.45) is -4.87. The van der Waals surface area contributed by atoms with E-state index in [1.165, 1.54) is 19.1 Å². The van der Waals surface area contributed by atoms with Crippen LogP contribution in [0.15, 0.2) is 24.8 Å². The molecule has 0 radical (unpaired) electrons. The Bertz CT molecular complexity index is 1400. The number of nitrogens with zero attached hydrogens (tertiary/aromatic N) is 1. The maximum atomic E-state index is 13.1. The van der Waals surface area contributed by atoms with Gasteiger partial charge in [-0.1, -0.05) is 39.8 Å². The highest BCUT2D eigenvalue weighted by Crippen LogP contribution is 2.45. The van der Waals surface area contributed by atoms with Gasteiger partial charge in [-0.2, -0.15) is 0 Å². The molecule has 51 heavy (non-hydrogen) atoms. The molecule has 0 saturated carbocycles. The summed E-state index contributed by atoms with van der Waals surface area (Å²) in [7, 11) is 4.66. The topological polar surface area (TPSA) is 179 Å². The minimum Gasteiger partial charge on any atom is -0.507 e. The van der Waals surface area contributed by atoms with Crippen LogP contribution in [0.3, 0.4) is 0 Å². The Balaban J connectivity index is 1.78. The number of ether oxygens (including phenoxy) is 4. The molecule has 0 unspecified atom stereocenters. The van der Waals surface area contributed by atoms with Crippen LogP contribution in [-0.2, 0) is 36.7 Å². The quantitative estimate of drug-likeness (QED) is 0.101. The van der Waals surface area contributed by atoms with Crippen LogP contribution in [0, 0.1) is 24.2 Å². The number of phenolic OH excluding ortho intramolecular Hbond substituents is 1. The number of phenols is 1. The largest absolute Gasteiger partial charge is 0.507 e. The van der Waals surface area contributed by atoms with Crippen molar-refractivity contribution in [3.8, 4) is 5.75 Å². The monoisotopic (exact) mass is 719 g/mol. The van der Waals surface area contributed by atoms with Crippen LogP contribution >= 0.6 is 0 Å². The maximum absolute atomic E-state index is 13.1. The van der Waals surface area contributed by atoms with Gasteiger partial charge >= 0.3 is 6.09 Å². The first-order valence-electron chi connectivity index (χ1n) is 17.7. The number of methoxy groups -OCH3 is 2. The Morgan fingerprint density at radius 3 is 2.43 bits per heavy atom. The molecule has 1 saturated heterocycles. The summed E-state index contributed by atoms with van der Waals surface area (Å²) >= 11 is 0. The molecule has 3 rings (SSSR count). The van der Waals surface area contributed by atoms with Gasteiger partial charge in [0.05, 0.1) is 23.9 Å². The molecule has 0 aliphatic carbocycles. The summed E-state index contributed by atoms with van der Waals surface area (Å²) in [4.78, 5) is 26.3. The minimum absolute atomic E-state index is 0.0283. The van der Waals surface area contributed by atoms with Crippen molar-refractivity contribution in [3.63, 3.8) is 0 Å². The van der Waals surface area contributed by atoms with E-state index in [0.717, 1.165) is 16.7 Å². The normalized spacial score (nSPS) is 24.3. The average Bonchev–Trinajstić information content (AvgIpc) is 3.07. The molecule has 2 heterocycles. The van der Waals surface area contributed by atoms with Crippen molar-refractivity contribution >= 4 is 17.8 Å². The second kappa shape index (κ2) is 18.0. The molecule has 1 aromatic rings. The number of nitrogens with one attached hydrogen (secondary N) is 2. The highest BCUT2D eigenvalue weighted by molar-refractivity contribution is 5.81. The van der Waals surface area contributed by atoms with Crippen LogP contribution in [0.1, 0.15) is 76.1 Å². The van der Waals surface area contributed by atoms with Crippen molar-refractivity contribution < 1.29 is 49.0 Å². The number of hydrogen-bond acceptors (Lipinski definition) is 10. The molecule has 1 aromatic carbocycles. The van der Waals surface area contributed by atoms with Crippen molar-refractivity contribution in [2.24, 2.45) is 17.3 Å². The number of carboxylic acid groups (broad SMARTS) is 1. The van der Waals surface area contributed by atoms with Gasteiger partial charge in [0.25, 0.3) is 5.91 Å². The zero-order valence-corrected chi connectivity index (χ0v) is 31.8. The maximum Gasteiger partial charge on any atom is 0.407 e. The summed E-state index contributed by atoms with van der Waals surface area (Å²) in [5, 5.41) is 48.9. The van der Waals surface area contributed by atoms with Gasteiger partial charge in [0, 0.05) is 52.6 Å². The van der Waals surface area contributed by atoms with Crippen molar-refractivity contribution in [1.29, 1.82) is 0 Å². The van der Waals surface area contributed by atoms with Crippen LogP contribution < -0.4 is 10.6 Å². The molecule has 0 bridgehead atoms. The number of carbonyl (C=O) groups excluding carboxylic acids is 1. The number of rotatable bonds is 17. The van der Waals surface area contributed by atoms with Crippen LogP contribution in [0.5, 0.6) is 5.75 Å². The number of aliphatic hydroxyl groups is 2. The Morgan fingerprint density at radius 1 is 1.20 bits per heavy atom. The van der Waals surface area contributed by atoms with E-state index in [-0.39, 0.29) is 42.5 Å². The lowest BCUT2D eigenvalue weighted by Crippen LogP contribution is -2.57. The van der Waals surface area contributed by atoms with E-state index in [1.807, 2.05) is 13.8 Å². The molecular weight excluding hydrogens is 658 g/mol. The SMILES string of the molecule is C=C(C)C[C@H](OC)[C@H](O)C(=O)N[C@@H](OC)[C@@H]1C[C@@H](C)C(C)(C)[C@@H](C[C@H](O)[C@@H](C)[C@H]2Cc3c(C)c(CN(CCNC)C(=O)O)cc(O)c3C(=C)O2)O1. The molecule has 9 atom stereocenters. The number of amides is 2. The average molecular weight is 720 g/mol. The van der Waals surface area contributed by atoms with Gasteiger partial charge in [0.1, 0.15) is 23.7 Å². The van der Waals surface area contributed by atoms with Crippen molar-refractivity contribution in [2.45, 2.75) is 117 Å². The highest BCUT2D eigenvalue weighted by Gasteiger charge is 2.47. The smallest absolute Gasteiger partial charge is 0.407 e. The van der Waals surface area contributed by atoms with Crippen molar-refractivity contribution in [2.75, 3.05) is 34.4 Å². The molecule has 288 valence electrons. The van der Waals surface area contributed by atoms with Crippen LogP contribution in [0.25, 0.3) is 5.76 Å². The first kappa shape index (κ1) is 42.2. The molecule has 2 amide bonds. The fourth-order valence-electron chi connectivity index (χ4n) is 7.10. The van der Waals surface area contributed by atoms with E-state index in [9.17, 15) is 30.0 Å². The Labute approximate surface area is 303 Å².